The molecule has 1 aromatic carbocycles. The first-order valence-electron chi connectivity index (χ1n) is 4.97. The molecule has 0 heterocycles. The first kappa shape index (κ1) is 10.8. The molecule has 0 saturated carbocycles. The molecule has 2 heteroatoms. The molecule has 0 fully saturated rings. The number of carbonyl (C=O) groups excluding carboxylic acids is 1. The number of ketones is 1. The molecular formula is C12H17NO. The van der Waals surface area contributed by atoms with Crippen molar-refractivity contribution in [2.45, 2.75) is 20.3 Å². The molecule has 1 aromatic rings. The molecule has 0 aliphatic rings. The van der Waals surface area contributed by atoms with E-state index in [9.17, 15) is 4.79 Å². The van der Waals surface area contributed by atoms with Crippen molar-refractivity contribution in [3.63, 3.8) is 0 Å². The van der Waals surface area contributed by atoms with E-state index in [0.717, 1.165) is 24.2 Å². The average molecular weight is 191 g/mol. The summed E-state index contributed by atoms with van der Waals surface area (Å²) < 4.78 is 0. The van der Waals surface area contributed by atoms with Crippen molar-refractivity contribution in [3.05, 3.63) is 29.8 Å². The molecule has 0 amide bonds. The van der Waals surface area contributed by atoms with Gasteiger partial charge in [0, 0.05) is 24.8 Å². The number of anilines is 1. The molecule has 0 unspecified atom stereocenters. The Morgan fingerprint density at radius 2 is 1.86 bits per heavy atom. The molecule has 2 nitrogen and oxygen atoms in total. The summed E-state index contributed by atoms with van der Waals surface area (Å²) in [5, 5.41) is 0. The molecule has 0 aliphatic heterocycles. The molecular weight excluding hydrogens is 174 g/mol. The maximum atomic E-state index is 11.0. The summed E-state index contributed by atoms with van der Waals surface area (Å²) in [6.45, 7) is 4.78. The van der Waals surface area contributed by atoms with Gasteiger partial charge in [-0.3, -0.25) is 4.79 Å². The van der Waals surface area contributed by atoms with Crippen LogP contribution in [0.2, 0.25) is 0 Å². The molecule has 0 atom stereocenters. The summed E-state index contributed by atoms with van der Waals surface area (Å²) in [6.07, 6.45) is 1.13. The second-order valence-corrected chi connectivity index (χ2v) is 3.52. The molecule has 0 N–H and O–H groups in total. The third-order valence-corrected chi connectivity index (χ3v) is 2.27. The van der Waals surface area contributed by atoms with E-state index in [0.29, 0.717) is 0 Å². The third-order valence-electron chi connectivity index (χ3n) is 2.27. The van der Waals surface area contributed by atoms with Crippen molar-refractivity contribution in [3.8, 4) is 0 Å². The van der Waals surface area contributed by atoms with Gasteiger partial charge in [-0.1, -0.05) is 6.92 Å². The van der Waals surface area contributed by atoms with Crippen molar-refractivity contribution >= 4 is 11.5 Å². The number of hydrogen-bond donors (Lipinski definition) is 0. The van der Waals surface area contributed by atoms with Gasteiger partial charge in [-0.25, -0.2) is 0 Å². The lowest BCUT2D eigenvalue weighted by Crippen LogP contribution is -2.17. The largest absolute Gasteiger partial charge is 0.375 e. The Morgan fingerprint density at radius 3 is 2.29 bits per heavy atom. The first-order chi connectivity index (χ1) is 6.65. The maximum Gasteiger partial charge on any atom is 0.159 e. The SMILES string of the molecule is CCCN(C)c1ccc(C(C)=O)cc1. The van der Waals surface area contributed by atoms with Crippen LogP contribution in [0.4, 0.5) is 5.69 Å². The van der Waals surface area contributed by atoms with Crippen molar-refractivity contribution < 1.29 is 4.79 Å². The summed E-state index contributed by atoms with van der Waals surface area (Å²) in [4.78, 5) is 13.2. The average Bonchev–Trinajstić information content (AvgIpc) is 2.18. The second-order valence-electron chi connectivity index (χ2n) is 3.52. The Labute approximate surface area is 85.5 Å². The van der Waals surface area contributed by atoms with E-state index in [-0.39, 0.29) is 5.78 Å². The zero-order valence-electron chi connectivity index (χ0n) is 9.08. The van der Waals surface area contributed by atoms with Crippen LogP contribution in [0.3, 0.4) is 0 Å². The van der Waals surface area contributed by atoms with Crippen molar-refractivity contribution in [2.24, 2.45) is 0 Å². The van der Waals surface area contributed by atoms with Gasteiger partial charge in [0.15, 0.2) is 5.78 Å². The lowest BCUT2D eigenvalue weighted by Gasteiger charge is -2.18. The third kappa shape index (κ3) is 2.59. The van der Waals surface area contributed by atoms with Gasteiger partial charge >= 0.3 is 0 Å². The lowest BCUT2D eigenvalue weighted by atomic mass is 10.1. The number of benzene rings is 1. The van der Waals surface area contributed by atoms with Crippen molar-refractivity contribution in [1.82, 2.24) is 0 Å². The van der Waals surface area contributed by atoms with E-state index >= 15 is 0 Å². The van der Waals surface area contributed by atoms with E-state index in [4.69, 9.17) is 0 Å². The van der Waals surface area contributed by atoms with Crippen LogP contribution in [0, 0.1) is 0 Å². The van der Waals surface area contributed by atoms with Gasteiger partial charge in [0.1, 0.15) is 0 Å². The fourth-order valence-corrected chi connectivity index (χ4v) is 1.42. The van der Waals surface area contributed by atoms with Gasteiger partial charge in [0.05, 0.1) is 0 Å². The van der Waals surface area contributed by atoms with Gasteiger partial charge in [-0.2, -0.15) is 0 Å². The van der Waals surface area contributed by atoms with Gasteiger partial charge in [0.2, 0.25) is 0 Å². The quantitative estimate of drug-likeness (QED) is 0.682. The summed E-state index contributed by atoms with van der Waals surface area (Å²) in [7, 11) is 2.06. The highest BCUT2D eigenvalue weighted by molar-refractivity contribution is 5.94. The zero-order valence-corrected chi connectivity index (χ0v) is 9.08. The van der Waals surface area contributed by atoms with Crippen LogP contribution in [-0.2, 0) is 0 Å². The lowest BCUT2D eigenvalue weighted by molar-refractivity contribution is 0.101. The topological polar surface area (TPSA) is 20.3 Å². The minimum atomic E-state index is 0.120. The molecule has 14 heavy (non-hydrogen) atoms. The Kier molecular flexibility index (Phi) is 3.69. The van der Waals surface area contributed by atoms with Gasteiger partial charge < -0.3 is 4.90 Å². The number of nitrogens with zero attached hydrogens (tertiary/aromatic N) is 1. The monoisotopic (exact) mass is 191 g/mol. The zero-order chi connectivity index (χ0) is 10.6. The molecule has 0 aromatic heterocycles. The van der Waals surface area contributed by atoms with Crippen LogP contribution in [0.5, 0.6) is 0 Å². The highest BCUT2D eigenvalue weighted by Crippen LogP contribution is 2.14. The number of hydrogen-bond acceptors (Lipinski definition) is 2. The summed E-state index contributed by atoms with van der Waals surface area (Å²) >= 11 is 0. The van der Waals surface area contributed by atoms with Crippen LogP contribution in [0.25, 0.3) is 0 Å². The fourth-order valence-electron chi connectivity index (χ4n) is 1.42. The molecule has 1 rings (SSSR count). The van der Waals surface area contributed by atoms with Crippen molar-refractivity contribution in [2.75, 3.05) is 18.5 Å². The first-order valence-corrected chi connectivity index (χ1v) is 4.97. The number of carbonyl (C=O) groups is 1. The molecule has 76 valence electrons. The molecule has 0 spiro atoms. The normalized spacial score (nSPS) is 9.93. The van der Waals surface area contributed by atoms with Crippen LogP contribution in [-0.4, -0.2) is 19.4 Å². The minimum absolute atomic E-state index is 0.120. The smallest absolute Gasteiger partial charge is 0.159 e. The second kappa shape index (κ2) is 4.80. The summed E-state index contributed by atoms with van der Waals surface area (Å²) in [6, 6.07) is 7.74. The summed E-state index contributed by atoms with van der Waals surface area (Å²) in [5.74, 6) is 0.120. The fraction of sp³-hybridized carbons (Fsp3) is 0.417. The Morgan fingerprint density at radius 1 is 1.29 bits per heavy atom. The molecule has 0 bridgehead atoms. The van der Waals surface area contributed by atoms with Gasteiger partial charge in [0.25, 0.3) is 0 Å². The van der Waals surface area contributed by atoms with E-state index in [1.165, 1.54) is 0 Å². The van der Waals surface area contributed by atoms with Crippen LogP contribution < -0.4 is 4.90 Å². The van der Waals surface area contributed by atoms with Crippen LogP contribution >= 0.6 is 0 Å². The maximum absolute atomic E-state index is 11.0. The highest BCUT2D eigenvalue weighted by Gasteiger charge is 2.01. The highest BCUT2D eigenvalue weighted by atomic mass is 16.1. The standard InChI is InChI=1S/C12H17NO/c1-4-9-13(3)12-7-5-11(6-8-12)10(2)14/h5-8H,4,9H2,1-3H3. The predicted molar refractivity (Wildman–Crippen MR) is 60.0 cm³/mol. The van der Waals surface area contributed by atoms with E-state index in [1.54, 1.807) is 6.92 Å². The van der Waals surface area contributed by atoms with Crippen LogP contribution in [0.1, 0.15) is 30.6 Å². The summed E-state index contributed by atoms with van der Waals surface area (Å²) in [5.41, 5.74) is 1.94. The predicted octanol–water partition coefficient (Wildman–Crippen LogP) is 2.74. The Bertz CT molecular complexity index is 303. The van der Waals surface area contributed by atoms with E-state index in [1.807, 2.05) is 24.3 Å². The molecule has 0 aliphatic carbocycles. The van der Waals surface area contributed by atoms with E-state index < -0.39 is 0 Å². The van der Waals surface area contributed by atoms with Crippen LogP contribution in [0.15, 0.2) is 24.3 Å². The van der Waals surface area contributed by atoms with Gasteiger partial charge in [-0.15, -0.1) is 0 Å². The minimum Gasteiger partial charge on any atom is -0.375 e. The van der Waals surface area contributed by atoms with Gasteiger partial charge in [-0.05, 0) is 37.6 Å². The number of Topliss-reactive ketones (excluding diaryl/α,β-unsaturated/α-hetero) is 1. The molecule has 0 saturated heterocycles. The van der Waals surface area contributed by atoms with E-state index in [2.05, 4.69) is 18.9 Å². The Hall–Kier alpha value is -1.31. The van der Waals surface area contributed by atoms with Crippen molar-refractivity contribution in [1.29, 1.82) is 0 Å². The Balaban J connectivity index is 2.77. The number of rotatable bonds is 4. The molecule has 0 radical (unpaired) electrons.